The molecule has 0 aliphatic heterocycles. The Balaban J connectivity index is 2.16. The average Bonchev–Trinajstić information content (AvgIpc) is 2.53. The smallest absolute Gasteiger partial charge is 0.200 e. The molecule has 4 nitrogen and oxygen atoms in total. The molecule has 5 heteroatoms. The van der Waals surface area contributed by atoms with E-state index in [1.165, 1.54) is 5.56 Å². The van der Waals surface area contributed by atoms with Crippen LogP contribution in [0.25, 0.3) is 0 Å². The Bertz CT molecular complexity index is 761. The van der Waals surface area contributed by atoms with Crippen molar-refractivity contribution in [1.29, 1.82) is 0 Å². The average molecular weight is 316 g/mol. The van der Waals surface area contributed by atoms with Gasteiger partial charge in [0.05, 0.1) is 10.6 Å². The lowest BCUT2D eigenvalue weighted by atomic mass is 10.1. The summed E-state index contributed by atoms with van der Waals surface area (Å²) in [5.74, 6) is 0. The number of benzene rings is 2. The van der Waals surface area contributed by atoms with Gasteiger partial charge in [-0.2, -0.15) is 18.4 Å². The van der Waals surface area contributed by atoms with Crippen molar-refractivity contribution in [2.75, 3.05) is 0 Å². The molecule has 0 bridgehead atoms. The summed E-state index contributed by atoms with van der Waals surface area (Å²) < 4.78 is 24.3. The predicted molar refractivity (Wildman–Crippen MR) is 89.5 cm³/mol. The van der Waals surface area contributed by atoms with Gasteiger partial charge in [0.2, 0.25) is 0 Å². The highest BCUT2D eigenvalue weighted by Gasteiger charge is 2.12. The number of hydrazone groups is 1. The van der Waals surface area contributed by atoms with Crippen LogP contribution < -0.4 is 4.83 Å². The molecule has 0 unspecified atom stereocenters. The molecule has 2 aromatic rings. The van der Waals surface area contributed by atoms with Crippen LogP contribution >= 0.6 is 0 Å². The summed E-state index contributed by atoms with van der Waals surface area (Å²) in [6, 6.07) is 14.6. The molecule has 2 aromatic carbocycles. The van der Waals surface area contributed by atoms with E-state index >= 15 is 0 Å². The molecule has 0 aliphatic rings. The van der Waals surface area contributed by atoms with E-state index in [1.54, 1.807) is 31.2 Å². The number of hydrogen-bond acceptors (Lipinski definition) is 3. The van der Waals surface area contributed by atoms with Crippen LogP contribution in [0, 0.1) is 6.92 Å². The zero-order valence-electron chi connectivity index (χ0n) is 13.0. The summed E-state index contributed by atoms with van der Waals surface area (Å²) in [6.07, 6.45) is 0.969. The third-order valence-corrected chi connectivity index (χ3v) is 4.67. The van der Waals surface area contributed by atoms with Gasteiger partial charge in [0.15, 0.2) is 0 Å². The van der Waals surface area contributed by atoms with Crippen LogP contribution in [0.5, 0.6) is 0 Å². The van der Waals surface area contributed by atoms with Gasteiger partial charge < -0.3 is 0 Å². The van der Waals surface area contributed by atoms with E-state index in [2.05, 4.69) is 16.9 Å². The number of sulfonamides is 1. The van der Waals surface area contributed by atoms with E-state index in [9.17, 15) is 8.42 Å². The molecule has 2 rings (SSSR count). The summed E-state index contributed by atoms with van der Waals surface area (Å²) in [7, 11) is -3.63. The van der Waals surface area contributed by atoms with Gasteiger partial charge in [0.25, 0.3) is 10.0 Å². The Morgan fingerprint density at radius 1 is 1.05 bits per heavy atom. The number of aryl methyl sites for hydroxylation is 2. The van der Waals surface area contributed by atoms with Crippen molar-refractivity contribution in [2.45, 2.75) is 32.1 Å². The molecule has 0 atom stereocenters. The van der Waals surface area contributed by atoms with Crippen LogP contribution in [-0.2, 0) is 16.4 Å². The van der Waals surface area contributed by atoms with E-state index in [0.717, 1.165) is 17.5 Å². The van der Waals surface area contributed by atoms with Crippen LogP contribution in [0.2, 0.25) is 0 Å². The molecular formula is C17H20N2O2S. The SMILES string of the molecule is CCc1ccc(/C(C)=N/NS(=O)(=O)c2ccc(C)cc2)cc1. The van der Waals surface area contributed by atoms with Crippen molar-refractivity contribution in [3.63, 3.8) is 0 Å². The molecule has 0 saturated carbocycles. The second-order valence-corrected chi connectivity index (χ2v) is 6.82. The Kier molecular flexibility index (Phi) is 4.98. The molecule has 0 heterocycles. The van der Waals surface area contributed by atoms with Crippen LogP contribution in [0.4, 0.5) is 0 Å². The zero-order chi connectivity index (χ0) is 16.2. The first-order valence-corrected chi connectivity index (χ1v) is 8.63. The Morgan fingerprint density at radius 3 is 2.18 bits per heavy atom. The highest BCUT2D eigenvalue weighted by atomic mass is 32.2. The molecule has 0 fully saturated rings. The summed E-state index contributed by atoms with van der Waals surface area (Å²) >= 11 is 0. The van der Waals surface area contributed by atoms with Crippen molar-refractivity contribution in [3.05, 3.63) is 65.2 Å². The third-order valence-electron chi connectivity index (χ3n) is 3.44. The second-order valence-electron chi connectivity index (χ2n) is 5.16. The van der Waals surface area contributed by atoms with E-state index in [0.29, 0.717) is 5.71 Å². The minimum absolute atomic E-state index is 0.205. The standard InChI is InChI=1S/C17H20N2O2S/c1-4-15-7-9-16(10-8-15)14(3)18-19-22(20,21)17-11-5-13(2)6-12-17/h5-12,19H,4H2,1-3H3/b18-14+. The fourth-order valence-electron chi connectivity index (χ4n) is 1.94. The van der Waals surface area contributed by atoms with Crippen LogP contribution in [0.15, 0.2) is 58.5 Å². The Morgan fingerprint density at radius 2 is 1.64 bits per heavy atom. The van der Waals surface area contributed by atoms with Gasteiger partial charge >= 0.3 is 0 Å². The summed E-state index contributed by atoms with van der Waals surface area (Å²) in [6.45, 7) is 5.77. The van der Waals surface area contributed by atoms with Crippen molar-refractivity contribution in [1.82, 2.24) is 4.83 Å². The summed E-state index contributed by atoms with van der Waals surface area (Å²) in [5.41, 5.74) is 3.76. The first-order chi connectivity index (χ1) is 10.4. The van der Waals surface area contributed by atoms with Crippen molar-refractivity contribution >= 4 is 15.7 Å². The molecule has 0 spiro atoms. The minimum atomic E-state index is -3.63. The van der Waals surface area contributed by atoms with Gasteiger partial charge in [-0.15, -0.1) is 0 Å². The third kappa shape index (κ3) is 3.95. The Hall–Kier alpha value is -2.14. The quantitative estimate of drug-likeness (QED) is 0.680. The van der Waals surface area contributed by atoms with Crippen LogP contribution in [0.1, 0.15) is 30.5 Å². The van der Waals surface area contributed by atoms with E-state index in [4.69, 9.17) is 0 Å². The van der Waals surface area contributed by atoms with Gasteiger partial charge in [-0.3, -0.25) is 0 Å². The molecule has 1 N–H and O–H groups in total. The molecule has 0 radical (unpaired) electrons. The fourth-order valence-corrected chi connectivity index (χ4v) is 2.80. The fraction of sp³-hybridized carbons (Fsp3) is 0.235. The normalized spacial score (nSPS) is 12.2. The van der Waals surface area contributed by atoms with E-state index < -0.39 is 10.0 Å². The first-order valence-electron chi connectivity index (χ1n) is 7.14. The first kappa shape index (κ1) is 16.2. The van der Waals surface area contributed by atoms with Crippen LogP contribution in [-0.4, -0.2) is 14.1 Å². The van der Waals surface area contributed by atoms with Crippen LogP contribution in [0.3, 0.4) is 0 Å². The van der Waals surface area contributed by atoms with Gasteiger partial charge in [-0.05, 0) is 43.5 Å². The maximum absolute atomic E-state index is 12.2. The van der Waals surface area contributed by atoms with Gasteiger partial charge in [0, 0.05) is 0 Å². The van der Waals surface area contributed by atoms with Gasteiger partial charge in [0.1, 0.15) is 0 Å². The lowest BCUT2D eigenvalue weighted by Gasteiger charge is -2.06. The maximum atomic E-state index is 12.2. The largest absolute Gasteiger partial charge is 0.276 e. The van der Waals surface area contributed by atoms with E-state index in [1.807, 2.05) is 31.2 Å². The number of rotatable bonds is 5. The van der Waals surface area contributed by atoms with Gasteiger partial charge in [-0.25, -0.2) is 0 Å². The second kappa shape index (κ2) is 6.75. The molecule has 0 aliphatic carbocycles. The van der Waals surface area contributed by atoms with E-state index in [-0.39, 0.29) is 4.90 Å². The molecule has 0 amide bonds. The number of hydrogen-bond donors (Lipinski definition) is 1. The number of nitrogens with one attached hydrogen (secondary N) is 1. The molecule has 0 saturated heterocycles. The molecule has 0 aromatic heterocycles. The monoisotopic (exact) mass is 316 g/mol. The van der Waals surface area contributed by atoms with Crippen molar-refractivity contribution < 1.29 is 8.42 Å². The Labute approximate surface area is 131 Å². The highest BCUT2D eigenvalue weighted by Crippen LogP contribution is 2.10. The molecule has 22 heavy (non-hydrogen) atoms. The van der Waals surface area contributed by atoms with Crippen molar-refractivity contribution in [3.8, 4) is 0 Å². The molecular weight excluding hydrogens is 296 g/mol. The molecule has 116 valence electrons. The maximum Gasteiger partial charge on any atom is 0.276 e. The van der Waals surface area contributed by atoms with Crippen molar-refractivity contribution in [2.24, 2.45) is 5.10 Å². The van der Waals surface area contributed by atoms with Gasteiger partial charge in [-0.1, -0.05) is 48.9 Å². The predicted octanol–water partition coefficient (Wildman–Crippen LogP) is 3.26. The number of nitrogens with zero attached hydrogens (tertiary/aromatic N) is 1. The summed E-state index contributed by atoms with van der Waals surface area (Å²) in [5, 5.41) is 4.00. The highest BCUT2D eigenvalue weighted by molar-refractivity contribution is 7.89. The lowest BCUT2D eigenvalue weighted by Crippen LogP contribution is -2.19. The zero-order valence-corrected chi connectivity index (χ0v) is 13.8. The summed E-state index contributed by atoms with van der Waals surface area (Å²) in [4.78, 5) is 2.49. The minimum Gasteiger partial charge on any atom is -0.200 e. The lowest BCUT2D eigenvalue weighted by molar-refractivity contribution is 0.584. The topological polar surface area (TPSA) is 58.5 Å².